The number of ether oxygens (including phenoxy) is 1. The maximum Gasteiger partial charge on any atom is 0.125 e. The van der Waals surface area contributed by atoms with Crippen LogP contribution in [0.15, 0.2) is 24.3 Å². The lowest BCUT2D eigenvalue weighted by molar-refractivity contribution is 0.231. The van der Waals surface area contributed by atoms with Crippen LogP contribution in [-0.4, -0.2) is 18.9 Å². The molecule has 3 heteroatoms. The standard InChI is InChI=1S/C13H17NOS/c1-10-8-14-13(16-9-10)6-7-15-12-5-3-2-4-11(12)13/h2-5,10,14H,6-9H2,1H3. The number of hydrogen-bond donors (Lipinski definition) is 1. The van der Waals surface area contributed by atoms with Gasteiger partial charge in [0, 0.05) is 18.5 Å². The number of para-hydroxylation sites is 1. The van der Waals surface area contributed by atoms with Gasteiger partial charge >= 0.3 is 0 Å². The molecule has 1 fully saturated rings. The second kappa shape index (κ2) is 3.97. The quantitative estimate of drug-likeness (QED) is 0.747. The Balaban J connectivity index is 1.97. The van der Waals surface area contributed by atoms with Crippen LogP contribution in [0.2, 0.25) is 0 Å². The lowest BCUT2D eigenvalue weighted by Crippen LogP contribution is -2.49. The summed E-state index contributed by atoms with van der Waals surface area (Å²) in [5.74, 6) is 3.07. The van der Waals surface area contributed by atoms with Gasteiger partial charge in [0.1, 0.15) is 5.75 Å². The van der Waals surface area contributed by atoms with E-state index in [4.69, 9.17) is 4.74 Å². The zero-order valence-corrected chi connectivity index (χ0v) is 10.3. The Bertz CT molecular complexity index is 385. The van der Waals surface area contributed by atoms with Crippen molar-refractivity contribution in [1.29, 1.82) is 0 Å². The molecule has 0 aromatic heterocycles. The van der Waals surface area contributed by atoms with Crippen LogP contribution in [0.25, 0.3) is 0 Å². The van der Waals surface area contributed by atoms with Gasteiger partial charge < -0.3 is 4.74 Å². The Morgan fingerprint density at radius 1 is 1.44 bits per heavy atom. The van der Waals surface area contributed by atoms with E-state index in [2.05, 4.69) is 30.4 Å². The third kappa shape index (κ3) is 1.62. The molecule has 1 N–H and O–H groups in total. The van der Waals surface area contributed by atoms with E-state index < -0.39 is 0 Å². The maximum absolute atomic E-state index is 5.72. The molecule has 1 aromatic rings. The summed E-state index contributed by atoms with van der Waals surface area (Å²) in [5, 5.41) is 3.72. The smallest absolute Gasteiger partial charge is 0.125 e. The molecule has 0 aliphatic carbocycles. The van der Waals surface area contributed by atoms with E-state index in [0.717, 1.165) is 31.2 Å². The minimum atomic E-state index is 0.112. The molecule has 2 aliphatic heterocycles. The van der Waals surface area contributed by atoms with Crippen LogP contribution in [0.3, 0.4) is 0 Å². The Kier molecular flexibility index (Phi) is 2.60. The van der Waals surface area contributed by atoms with Gasteiger partial charge in [0.15, 0.2) is 0 Å². The summed E-state index contributed by atoms with van der Waals surface area (Å²) in [6, 6.07) is 8.44. The molecule has 1 saturated heterocycles. The lowest BCUT2D eigenvalue weighted by Gasteiger charge is -2.43. The summed E-state index contributed by atoms with van der Waals surface area (Å²) in [5.41, 5.74) is 1.33. The molecular formula is C13H17NOS. The number of rotatable bonds is 0. The van der Waals surface area contributed by atoms with Crippen molar-refractivity contribution in [2.24, 2.45) is 5.92 Å². The van der Waals surface area contributed by atoms with Crippen LogP contribution in [-0.2, 0) is 4.87 Å². The summed E-state index contributed by atoms with van der Waals surface area (Å²) in [4.78, 5) is 0.112. The van der Waals surface area contributed by atoms with Gasteiger partial charge in [-0.15, -0.1) is 11.8 Å². The zero-order valence-electron chi connectivity index (χ0n) is 9.53. The highest BCUT2D eigenvalue weighted by Crippen LogP contribution is 2.46. The maximum atomic E-state index is 5.72. The minimum absolute atomic E-state index is 0.112. The van der Waals surface area contributed by atoms with Gasteiger partial charge in [0.2, 0.25) is 0 Å². The molecule has 3 rings (SSSR count). The SMILES string of the molecule is CC1CNC2(CCOc3ccccc32)SC1. The first-order valence-corrected chi connectivity index (χ1v) is 6.90. The Morgan fingerprint density at radius 3 is 3.12 bits per heavy atom. The molecule has 0 radical (unpaired) electrons. The molecule has 2 aliphatic rings. The molecule has 86 valence electrons. The van der Waals surface area contributed by atoms with Crippen LogP contribution in [0.5, 0.6) is 5.75 Å². The molecule has 1 spiro atoms. The first-order valence-electron chi connectivity index (χ1n) is 5.91. The highest BCUT2D eigenvalue weighted by Gasteiger charge is 2.40. The summed E-state index contributed by atoms with van der Waals surface area (Å²) in [7, 11) is 0. The first-order chi connectivity index (χ1) is 7.80. The third-order valence-corrected chi connectivity index (χ3v) is 5.18. The molecular weight excluding hydrogens is 218 g/mol. The second-order valence-corrected chi connectivity index (χ2v) is 6.04. The zero-order chi connectivity index (χ0) is 11.0. The first kappa shape index (κ1) is 10.5. The Labute approximate surface area is 101 Å². The normalized spacial score (nSPS) is 33.2. The van der Waals surface area contributed by atoms with Crippen molar-refractivity contribution in [3.63, 3.8) is 0 Å². The lowest BCUT2D eigenvalue weighted by atomic mass is 9.98. The fourth-order valence-electron chi connectivity index (χ4n) is 2.43. The molecule has 2 atom stereocenters. The van der Waals surface area contributed by atoms with Crippen molar-refractivity contribution in [2.75, 3.05) is 18.9 Å². The predicted molar refractivity (Wildman–Crippen MR) is 67.9 cm³/mol. The topological polar surface area (TPSA) is 21.3 Å². The molecule has 0 saturated carbocycles. The summed E-state index contributed by atoms with van der Waals surface area (Å²) < 4.78 is 5.72. The third-order valence-electron chi connectivity index (χ3n) is 3.38. The molecule has 2 nitrogen and oxygen atoms in total. The molecule has 0 bridgehead atoms. The van der Waals surface area contributed by atoms with Crippen LogP contribution in [0.1, 0.15) is 18.9 Å². The highest BCUT2D eigenvalue weighted by molar-refractivity contribution is 8.00. The number of fused-ring (bicyclic) bond motifs is 2. The average Bonchev–Trinajstić information content (AvgIpc) is 2.34. The monoisotopic (exact) mass is 235 g/mol. The minimum Gasteiger partial charge on any atom is -0.493 e. The van der Waals surface area contributed by atoms with Crippen molar-refractivity contribution in [2.45, 2.75) is 18.2 Å². The van der Waals surface area contributed by atoms with Crippen molar-refractivity contribution in [3.8, 4) is 5.75 Å². The average molecular weight is 235 g/mol. The van der Waals surface area contributed by atoms with Gasteiger partial charge in [-0.25, -0.2) is 0 Å². The molecule has 16 heavy (non-hydrogen) atoms. The number of thioether (sulfide) groups is 1. The Hall–Kier alpha value is -0.670. The van der Waals surface area contributed by atoms with Gasteiger partial charge in [0.25, 0.3) is 0 Å². The predicted octanol–water partition coefficient (Wildman–Crippen LogP) is 2.59. The van der Waals surface area contributed by atoms with Crippen molar-refractivity contribution in [1.82, 2.24) is 5.32 Å². The number of benzene rings is 1. The largest absolute Gasteiger partial charge is 0.493 e. The summed E-state index contributed by atoms with van der Waals surface area (Å²) in [6.45, 7) is 4.24. The van der Waals surface area contributed by atoms with Crippen LogP contribution in [0, 0.1) is 5.92 Å². The summed E-state index contributed by atoms with van der Waals surface area (Å²) >= 11 is 2.05. The number of nitrogens with one attached hydrogen (secondary N) is 1. The van der Waals surface area contributed by atoms with E-state index in [9.17, 15) is 0 Å². The Morgan fingerprint density at radius 2 is 2.31 bits per heavy atom. The number of hydrogen-bond acceptors (Lipinski definition) is 3. The molecule has 1 aromatic carbocycles. The van der Waals surface area contributed by atoms with Gasteiger partial charge in [-0.05, 0) is 17.7 Å². The van der Waals surface area contributed by atoms with Crippen LogP contribution in [0.4, 0.5) is 0 Å². The van der Waals surface area contributed by atoms with Gasteiger partial charge in [0.05, 0.1) is 11.5 Å². The summed E-state index contributed by atoms with van der Waals surface area (Å²) in [6.07, 6.45) is 1.07. The molecule has 0 amide bonds. The second-order valence-electron chi connectivity index (χ2n) is 4.72. The fourth-order valence-corrected chi connectivity index (χ4v) is 3.86. The van der Waals surface area contributed by atoms with E-state index in [1.807, 2.05) is 17.8 Å². The molecule has 2 unspecified atom stereocenters. The van der Waals surface area contributed by atoms with Gasteiger partial charge in [-0.3, -0.25) is 5.32 Å². The highest BCUT2D eigenvalue weighted by atomic mass is 32.2. The fraction of sp³-hybridized carbons (Fsp3) is 0.538. The van der Waals surface area contributed by atoms with Crippen molar-refractivity contribution in [3.05, 3.63) is 29.8 Å². The van der Waals surface area contributed by atoms with Crippen molar-refractivity contribution < 1.29 is 4.74 Å². The van der Waals surface area contributed by atoms with Gasteiger partial charge in [-0.1, -0.05) is 25.1 Å². The van der Waals surface area contributed by atoms with Gasteiger partial charge in [-0.2, -0.15) is 0 Å². The van der Waals surface area contributed by atoms with Crippen LogP contribution < -0.4 is 10.1 Å². The molecule has 2 heterocycles. The van der Waals surface area contributed by atoms with Crippen LogP contribution >= 0.6 is 11.8 Å². The van der Waals surface area contributed by atoms with E-state index in [-0.39, 0.29) is 4.87 Å². The van der Waals surface area contributed by atoms with Crippen molar-refractivity contribution >= 4 is 11.8 Å². The van der Waals surface area contributed by atoms with E-state index >= 15 is 0 Å². The van der Waals surface area contributed by atoms with E-state index in [1.165, 1.54) is 11.3 Å². The van der Waals surface area contributed by atoms with E-state index in [1.54, 1.807) is 0 Å². The van der Waals surface area contributed by atoms with E-state index in [0.29, 0.717) is 0 Å².